The first kappa shape index (κ1) is 25.6. The van der Waals surface area contributed by atoms with Gasteiger partial charge in [0.2, 0.25) is 0 Å². The fourth-order valence-electron chi connectivity index (χ4n) is 4.59. The van der Waals surface area contributed by atoms with E-state index in [0.29, 0.717) is 32.9 Å². The van der Waals surface area contributed by atoms with Crippen molar-refractivity contribution in [1.29, 1.82) is 0 Å². The van der Waals surface area contributed by atoms with Crippen molar-refractivity contribution in [2.45, 2.75) is 38.2 Å². The van der Waals surface area contributed by atoms with Crippen molar-refractivity contribution in [1.82, 2.24) is 4.37 Å². The lowest BCUT2D eigenvalue weighted by Gasteiger charge is -2.15. The molecule has 3 aromatic carbocycles. The third-order valence-corrected chi connectivity index (χ3v) is 7.94. The zero-order chi connectivity index (χ0) is 26.9. The molecule has 38 heavy (non-hydrogen) atoms. The smallest absolute Gasteiger partial charge is 0.412 e. The normalized spacial score (nSPS) is 14.4. The predicted molar refractivity (Wildman–Crippen MR) is 146 cm³/mol. The Kier molecular flexibility index (Phi) is 6.99. The second-order valence-electron chi connectivity index (χ2n) is 9.40. The SMILES string of the molecule is COC(=O)C1(c2ccc(-c3ccc(-c4snc(C)c4NC(=O)O[C@H](C)c4ccccc4)cc3F)cc2)CC1. The number of rotatable bonds is 7. The van der Waals surface area contributed by atoms with Gasteiger partial charge in [-0.3, -0.25) is 10.1 Å². The molecule has 4 aromatic rings. The van der Waals surface area contributed by atoms with Crippen molar-refractivity contribution in [3.63, 3.8) is 0 Å². The summed E-state index contributed by atoms with van der Waals surface area (Å²) < 4.78 is 30.2. The summed E-state index contributed by atoms with van der Waals surface area (Å²) in [6.45, 7) is 3.58. The Balaban J connectivity index is 1.34. The maximum absolute atomic E-state index is 15.3. The van der Waals surface area contributed by atoms with E-state index in [-0.39, 0.29) is 5.97 Å². The van der Waals surface area contributed by atoms with Crippen LogP contribution in [0.4, 0.5) is 14.9 Å². The molecule has 1 fully saturated rings. The number of benzene rings is 3. The second kappa shape index (κ2) is 10.4. The number of nitrogens with one attached hydrogen (secondary N) is 1. The van der Waals surface area contributed by atoms with Gasteiger partial charge in [-0.25, -0.2) is 9.18 Å². The molecule has 1 aromatic heterocycles. The number of halogens is 1. The second-order valence-corrected chi connectivity index (χ2v) is 10.2. The van der Waals surface area contributed by atoms with E-state index in [0.717, 1.165) is 24.0 Å². The molecule has 1 N–H and O–H groups in total. The lowest BCUT2D eigenvalue weighted by Crippen LogP contribution is -2.21. The highest BCUT2D eigenvalue weighted by atomic mass is 32.1. The maximum atomic E-state index is 15.3. The first-order valence-corrected chi connectivity index (χ1v) is 13.1. The largest absolute Gasteiger partial charge is 0.468 e. The molecule has 0 unspecified atom stereocenters. The van der Waals surface area contributed by atoms with Crippen molar-refractivity contribution >= 4 is 29.3 Å². The number of aryl methyl sites for hydroxylation is 1. The highest BCUT2D eigenvalue weighted by Crippen LogP contribution is 2.49. The number of nitrogens with zero attached hydrogens (tertiary/aromatic N) is 1. The Bertz CT molecular complexity index is 1480. The van der Waals surface area contributed by atoms with Crippen molar-refractivity contribution in [3.8, 4) is 21.6 Å². The Labute approximate surface area is 224 Å². The number of hydrogen-bond acceptors (Lipinski definition) is 6. The van der Waals surface area contributed by atoms with Crippen LogP contribution in [-0.2, 0) is 19.7 Å². The van der Waals surface area contributed by atoms with Gasteiger partial charge in [0.15, 0.2) is 0 Å². The van der Waals surface area contributed by atoms with E-state index in [1.54, 1.807) is 26.0 Å². The molecule has 0 bridgehead atoms. The topological polar surface area (TPSA) is 77.5 Å². The lowest BCUT2D eigenvalue weighted by atomic mass is 9.93. The molecule has 1 heterocycles. The molecule has 1 aliphatic carbocycles. The molecule has 1 aliphatic rings. The van der Waals surface area contributed by atoms with Crippen molar-refractivity contribution in [2.24, 2.45) is 0 Å². The molecule has 1 atom stereocenters. The summed E-state index contributed by atoms with van der Waals surface area (Å²) >= 11 is 1.18. The average Bonchev–Trinajstić information content (AvgIpc) is 3.67. The van der Waals surface area contributed by atoms with Crippen molar-refractivity contribution < 1.29 is 23.5 Å². The van der Waals surface area contributed by atoms with Gasteiger partial charge in [0.25, 0.3) is 0 Å². The number of methoxy groups -OCH3 is 1. The maximum Gasteiger partial charge on any atom is 0.412 e. The highest BCUT2D eigenvalue weighted by Gasteiger charge is 2.52. The monoisotopic (exact) mass is 530 g/mol. The van der Waals surface area contributed by atoms with Gasteiger partial charge in [0.05, 0.1) is 28.8 Å². The Morgan fingerprint density at radius 3 is 2.34 bits per heavy atom. The summed E-state index contributed by atoms with van der Waals surface area (Å²) in [5, 5.41) is 2.79. The number of hydrogen-bond donors (Lipinski definition) is 1. The fraction of sp³-hybridized carbons (Fsp3) is 0.233. The van der Waals surface area contributed by atoms with Crippen LogP contribution in [-0.4, -0.2) is 23.5 Å². The van der Waals surface area contributed by atoms with Crippen LogP contribution in [0.5, 0.6) is 0 Å². The van der Waals surface area contributed by atoms with Gasteiger partial charge in [-0.15, -0.1) is 0 Å². The Morgan fingerprint density at radius 1 is 1.03 bits per heavy atom. The Hall–Kier alpha value is -4.04. The van der Waals surface area contributed by atoms with Gasteiger partial charge in [-0.2, -0.15) is 4.37 Å². The van der Waals surface area contributed by atoms with Gasteiger partial charge in [-0.05, 0) is 66.5 Å². The number of carbonyl (C=O) groups is 2. The lowest BCUT2D eigenvalue weighted by molar-refractivity contribution is -0.143. The zero-order valence-electron chi connectivity index (χ0n) is 21.3. The quantitative estimate of drug-likeness (QED) is 0.251. The minimum atomic E-state index is -0.608. The molecule has 0 spiro atoms. The number of amides is 1. The predicted octanol–water partition coefficient (Wildman–Crippen LogP) is 7.44. The van der Waals surface area contributed by atoms with Gasteiger partial charge in [0.1, 0.15) is 11.9 Å². The summed E-state index contributed by atoms with van der Waals surface area (Å²) in [6.07, 6.45) is 0.470. The van der Waals surface area contributed by atoms with Crippen LogP contribution in [0.25, 0.3) is 21.6 Å². The molecule has 8 heteroatoms. The van der Waals surface area contributed by atoms with Gasteiger partial charge in [-0.1, -0.05) is 66.7 Å². The van der Waals surface area contributed by atoms with E-state index < -0.39 is 23.4 Å². The molecular weight excluding hydrogens is 503 g/mol. The molecule has 5 rings (SSSR count). The van der Waals surface area contributed by atoms with Gasteiger partial charge in [0, 0.05) is 5.56 Å². The Morgan fingerprint density at radius 2 is 1.71 bits per heavy atom. The summed E-state index contributed by atoms with van der Waals surface area (Å²) in [5.41, 5.74) is 4.06. The minimum Gasteiger partial charge on any atom is -0.468 e. The summed E-state index contributed by atoms with van der Waals surface area (Å²) in [6, 6.07) is 21.8. The standard InChI is InChI=1S/C30H27FN2O4S/c1-18-26(32-29(35)37-19(2)20-7-5-4-6-8-20)27(38-33-18)22-11-14-24(25(31)17-22)21-9-12-23(13-10-21)30(15-16-30)28(34)36-3/h4-14,17,19H,15-16H2,1-3H3,(H,32,35)/t19-/m1/s1. The minimum absolute atomic E-state index is 0.233. The van der Waals surface area contributed by atoms with Crippen LogP contribution in [0.15, 0.2) is 72.8 Å². The summed E-state index contributed by atoms with van der Waals surface area (Å²) in [5.74, 6) is -0.634. The molecule has 0 aliphatic heterocycles. The van der Waals surface area contributed by atoms with Crippen molar-refractivity contribution in [2.75, 3.05) is 12.4 Å². The third kappa shape index (κ3) is 4.91. The third-order valence-electron chi connectivity index (χ3n) is 6.95. The molecular formula is C30H27FN2O4S. The number of esters is 1. The van der Waals surface area contributed by atoms with Crippen LogP contribution in [0.2, 0.25) is 0 Å². The van der Waals surface area contributed by atoms with Crippen molar-refractivity contribution in [3.05, 3.63) is 95.4 Å². The number of anilines is 1. The average molecular weight is 531 g/mol. The molecule has 6 nitrogen and oxygen atoms in total. The van der Waals surface area contributed by atoms with Crippen LogP contribution < -0.4 is 5.32 Å². The van der Waals surface area contributed by atoms with E-state index in [1.807, 2.05) is 54.6 Å². The summed E-state index contributed by atoms with van der Waals surface area (Å²) in [7, 11) is 1.40. The number of carbonyl (C=O) groups excluding carboxylic acids is 2. The first-order valence-electron chi connectivity index (χ1n) is 12.3. The fourth-order valence-corrected chi connectivity index (χ4v) is 5.43. The van der Waals surface area contributed by atoms with E-state index in [4.69, 9.17) is 9.47 Å². The molecule has 194 valence electrons. The van der Waals surface area contributed by atoms with E-state index >= 15 is 4.39 Å². The van der Waals surface area contributed by atoms with E-state index in [1.165, 1.54) is 24.7 Å². The van der Waals surface area contributed by atoms with Crippen LogP contribution in [0, 0.1) is 12.7 Å². The van der Waals surface area contributed by atoms with Gasteiger partial charge < -0.3 is 9.47 Å². The van der Waals surface area contributed by atoms with Crippen LogP contribution in [0.1, 0.15) is 42.7 Å². The first-order chi connectivity index (χ1) is 18.3. The van der Waals surface area contributed by atoms with Gasteiger partial charge >= 0.3 is 12.1 Å². The molecule has 0 saturated heterocycles. The molecule has 1 amide bonds. The van der Waals surface area contributed by atoms with E-state index in [9.17, 15) is 9.59 Å². The van der Waals surface area contributed by atoms with E-state index in [2.05, 4.69) is 9.69 Å². The molecule has 0 radical (unpaired) electrons. The summed E-state index contributed by atoms with van der Waals surface area (Å²) in [4.78, 5) is 25.5. The number of ether oxygens (including phenoxy) is 2. The zero-order valence-corrected chi connectivity index (χ0v) is 22.1. The van der Waals surface area contributed by atoms with Crippen LogP contribution in [0.3, 0.4) is 0 Å². The highest BCUT2D eigenvalue weighted by molar-refractivity contribution is 7.10. The van der Waals surface area contributed by atoms with Crippen LogP contribution >= 0.6 is 11.5 Å². The molecule has 1 saturated carbocycles. The number of aromatic nitrogens is 1.